The molecular weight excluding hydrogens is 432 g/mol. The summed E-state index contributed by atoms with van der Waals surface area (Å²) >= 11 is 0. The molecule has 0 radical (unpaired) electrons. The molecule has 1 atom stereocenters. The van der Waals surface area contributed by atoms with Crippen LogP contribution >= 0.6 is 0 Å². The second-order valence-corrected chi connectivity index (χ2v) is 9.27. The molecule has 1 aliphatic heterocycles. The highest BCUT2D eigenvalue weighted by Gasteiger charge is 2.47. The van der Waals surface area contributed by atoms with E-state index in [2.05, 4.69) is 16.0 Å². The van der Waals surface area contributed by atoms with Crippen LogP contribution < -0.4 is 16.0 Å². The van der Waals surface area contributed by atoms with Crippen LogP contribution in [0.3, 0.4) is 0 Å². The van der Waals surface area contributed by atoms with Crippen molar-refractivity contribution in [2.45, 2.75) is 51.7 Å². The fourth-order valence-corrected chi connectivity index (χ4v) is 4.20. The van der Waals surface area contributed by atoms with Crippen LogP contribution in [0.15, 0.2) is 48.5 Å². The summed E-state index contributed by atoms with van der Waals surface area (Å²) in [5.41, 5.74) is 2.75. The lowest BCUT2D eigenvalue weighted by Crippen LogP contribution is -2.43. The molecule has 2 aromatic carbocycles. The summed E-state index contributed by atoms with van der Waals surface area (Å²) in [6.07, 6.45) is 2.22. The van der Waals surface area contributed by atoms with Gasteiger partial charge in [0.05, 0.1) is 6.54 Å². The fourth-order valence-electron chi connectivity index (χ4n) is 4.20. The molecule has 0 spiro atoms. The Hall–Kier alpha value is -3.68. The molecule has 2 aliphatic rings. The van der Waals surface area contributed by atoms with Gasteiger partial charge in [0, 0.05) is 30.3 Å². The molecule has 8 heteroatoms. The Labute approximate surface area is 199 Å². The van der Waals surface area contributed by atoms with Gasteiger partial charge in [-0.25, -0.2) is 0 Å². The van der Waals surface area contributed by atoms with E-state index < -0.39 is 6.04 Å². The summed E-state index contributed by atoms with van der Waals surface area (Å²) in [6.45, 7) is 4.05. The normalized spacial score (nSPS) is 16.9. The number of anilines is 1. The number of amides is 4. The summed E-state index contributed by atoms with van der Waals surface area (Å²) < 4.78 is 0. The minimum atomic E-state index is -0.699. The first-order valence-electron chi connectivity index (χ1n) is 11.7. The average molecular weight is 463 g/mol. The first-order valence-corrected chi connectivity index (χ1v) is 11.7. The van der Waals surface area contributed by atoms with Gasteiger partial charge in [-0.05, 0) is 48.1 Å². The van der Waals surface area contributed by atoms with Gasteiger partial charge in [0.15, 0.2) is 0 Å². The van der Waals surface area contributed by atoms with Crippen molar-refractivity contribution in [3.8, 4) is 0 Å². The zero-order valence-electron chi connectivity index (χ0n) is 19.5. The number of hydrogen-bond donors (Lipinski definition) is 3. The molecule has 8 nitrogen and oxygen atoms in total. The van der Waals surface area contributed by atoms with Crippen molar-refractivity contribution in [3.63, 3.8) is 0 Å². The fraction of sp³-hybridized carbons (Fsp3) is 0.385. The topological polar surface area (TPSA) is 108 Å². The van der Waals surface area contributed by atoms with E-state index in [1.54, 1.807) is 29.2 Å². The maximum atomic E-state index is 13.0. The Morgan fingerprint density at radius 1 is 1.00 bits per heavy atom. The van der Waals surface area contributed by atoms with Gasteiger partial charge in [-0.2, -0.15) is 0 Å². The molecule has 1 aliphatic carbocycles. The lowest BCUT2D eigenvalue weighted by atomic mass is 10.0. The van der Waals surface area contributed by atoms with Gasteiger partial charge in [-0.3, -0.25) is 19.2 Å². The summed E-state index contributed by atoms with van der Waals surface area (Å²) in [6, 6.07) is 13.8. The van der Waals surface area contributed by atoms with Crippen molar-refractivity contribution in [1.82, 2.24) is 15.5 Å². The van der Waals surface area contributed by atoms with Crippen LogP contribution in [0.1, 0.15) is 60.6 Å². The Balaban J connectivity index is 1.30. The molecule has 0 saturated heterocycles. The number of carbonyl (C=O) groups excluding carboxylic acids is 4. The predicted octanol–water partition coefficient (Wildman–Crippen LogP) is 2.76. The zero-order chi connectivity index (χ0) is 24.2. The van der Waals surface area contributed by atoms with Crippen molar-refractivity contribution in [2.75, 3.05) is 11.9 Å². The SMILES string of the molecule is CC(C)CC(=O)Nc1cccc(CNC(=O)CNC(=O)C2c3ccccc3C(=O)N2C2CC2)c1. The van der Waals surface area contributed by atoms with E-state index in [0.29, 0.717) is 23.2 Å². The second kappa shape index (κ2) is 10.1. The molecule has 178 valence electrons. The van der Waals surface area contributed by atoms with Crippen LogP contribution in [-0.4, -0.2) is 41.1 Å². The van der Waals surface area contributed by atoms with Crippen LogP contribution in [0.25, 0.3) is 0 Å². The smallest absolute Gasteiger partial charge is 0.255 e. The summed E-state index contributed by atoms with van der Waals surface area (Å²) in [5, 5.41) is 8.34. The number of benzene rings is 2. The molecule has 1 saturated carbocycles. The molecule has 34 heavy (non-hydrogen) atoms. The minimum Gasteiger partial charge on any atom is -0.350 e. The quantitative estimate of drug-likeness (QED) is 0.533. The number of hydrogen-bond acceptors (Lipinski definition) is 4. The summed E-state index contributed by atoms with van der Waals surface area (Å²) in [4.78, 5) is 51.8. The molecule has 4 amide bonds. The Kier molecular flexibility index (Phi) is 6.95. The van der Waals surface area contributed by atoms with Crippen LogP contribution in [0, 0.1) is 5.92 Å². The van der Waals surface area contributed by atoms with Crippen molar-refractivity contribution in [3.05, 3.63) is 65.2 Å². The number of nitrogens with one attached hydrogen (secondary N) is 3. The summed E-state index contributed by atoms with van der Waals surface area (Å²) in [7, 11) is 0. The van der Waals surface area contributed by atoms with Gasteiger partial charge >= 0.3 is 0 Å². The average Bonchev–Trinajstić information content (AvgIpc) is 3.59. The van der Waals surface area contributed by atoms with Crippen molar-refractivity contribution in [2.24, 2.45) is 5.92 Å². The lowest BCUT2D eigenvalue weighted by Gasteiger charge is -2.24. The van der Waals surface area contributed by atoms with Crippen molar-refractivity contribution >= 4 is 29.3 Å². The molecule has 3 N–H and O–H groups in total. The van der Waals surface area contributed by atoms with Gasteiger partial charge in [0.2, 0.25) is 17.7 Å². The number of nitrogens with zero attached hydrogens (tertiary/aromatic N) is 1. The molecule has 2 aromatic rings. The van der Waals surface area contributed by atoms with Gasteiger partial charge < -0.3 is 20.9 Å². The third-order valence-corrected chi connectivity index (χ3v) is 5.90. The standard InChI is InChI=1S/C26H30N4O4/c1-16(2)12-22(31)29-18-7-5-6-17(13-18)14-27-23(32)15-28-25(33)24-20-8-3-4-9-21(20)26(34)30(24)19-10-11-19/h3-9,13,16,19,24H,10-12,14-15H2,1-2H3,(H,27,32)(H,28,33)(H,29,31). The molecular formula is C26H30N4O4. The Morgan fingerprint density at radius 2 is 1.76 bits per heavy atom. The van der Waals surface area contributed by atoms with Gasteiger partial charge in [0.25, 0.3) is 5.91 Å². The van der Waals surface area contributed by atoms with Crippen LogP contribution in [0.2, 0.25) is 0 Å². The molecule has 1 unspecified atom stereocenters. The van der Waals surface area contributed by atoms with E-state index in [-0.39, 0.29) is 48.7 Å². The first-order chi connectivity index (χ1) is 16.3. The Bertz CT molecular complexity index is 1110. The lowest BCUT2D eigenvalue weighted by molar-refractivity contribution is -0.129. The molecule has 0 aromatic heterocycles. The highest BCUT2D eigenvalue weighted by Crippen LogP contribution is 2.41. The van der Waals surface area contributed by atoms with E-state index in [1.807, 2.05) is 38.1 Å². The molecule has 0 bridgehead atoms. The molecule has 4 rings (SSSR count). The van der Waals surface area contributed by atoms with Gasteiger partial charge in [-0.15, -0.1) is 0 Å². The third kappa shape index (κ3) is 5.44. The maximum absolute atomic E-state index is 13.0. The van der Waals surface area contributed by atoms with Crippen LogP contribution in [0.4, 0.5) is 5.69 Å². The van der Waals surface area contributed by atoms with E-state index in [9.17, 15) is 19.2 Å². The summed E-state index contributed by atoms with van der Waals surface area (Å²) in [5.74, 6) is -0.590. The number of fused-ring (bicyclic) bond motifs is 1. The number of carbonyl (C=O) groups is 4. The molecule has 1 fully saturated rings. The predicted molar refractivity (Wildman–Crippen MR) is 128 cm³/mol. The second-order valence-electron chi connectivity index (χ2n) is 9.27. The van der Waals surface area contributed by atoms with Crippen LogP contribution in [-0.2, 0) is 20.9 Å². The maximum Gasteiger partial charge on any atom is 0.255 e. The Morgan fingerprint density at radius 3 is 2.50 bits per heavy atom. The highest BCUT2D eigenvalue weighted by atomic mass is 16.2. The van der Waals surface area contributed by atoms with E-state index in [4.69, 9.17) is 0 Å². The van der Waals surface area contributed by atoms with Gasteiger partial charge in [0.1, 0.15) is 6.04 Å². The molecule has 1 heterocycles. The van der Waals surface area contributed by atoms with E-state index >= 15 is 0 Å². The number of rotatable bonds is 9. The highest BCUT2D eigenvalue weighted by molar-refractivity contribution is 6.05. The third-order valence-electron chi connectivity index (χ3n) is 5.90. The van der Waals surface area contributed by atoms with E-state index in [1.165, 1.54) is 0 Å². The monoisotopic (exact) mass is 462 g/mol. The first kappa shape index (κ1) is 23.5. The van der Waals surface area contributed by atoms with Crippen molar-refractivity contribution < 1.29 is 19.2 Å². The van der Waals surface area contributed by atoms with Gasteiger partial charge in [-0.1, -0.05) is 44.2 Å². The zero-order valence-corrected chi connectivity index (χ0v) is 19.5. The largest absolute Gasteiger partial charge is 0.350 e. The van der Waals surface area contributed by atoms with Crippen molar-refractivity contribution in [1.29, 1.82) is 0 Å². The van der Waals surface area contributed by atoms with Crippen LogP contribution in [0.5, 0.6) is 0 Å². The minimum absolute atomic E-state index is 0.0499. The van der Waals surface area contributed by atoms with E-state index in [0.717, 1.165) is 18.4 Å².